The Morgan fingerprint density at radius 1 is 1.33 bits per heavy atom. The van der Waals surface area contributed by atoms with Crippen LogP contribution in [-0.2, 0) is 0 Å². The van der Waals surface area contributed by atoms with E-state index in [4.69, 9.17) is 10.5 Å². The van der Waals surface area contributed by atoms with E-state index in [0.717, 1.165) is 12.2 Å². The van der Waals surface area contributed by atoms with Crippen LogP contribution in [0.15, 0.2) is 42.6 Å². The average Bonchev–Trinajstić information content (AvgIpc) is 2.50. The van der Waals surface area contributed by atoms with Crippen molar-refractivity contribution < 1.29 is 9.53 Å². The molecule has 0 saturated heterocycles. The Kier molecular flexibility index (Phi) is 5.15. The van der Waals surface area contributed by atoms with Gasteiger partial charge in [0.2, 0.25) is 0 Å². The smallest absolute Gasteiger partial charge is 0.253 e. The molecule has 0 aliphatic heterocycles. The summed E-state index contributed by atoms with van der Waals surface area (Å²) in [5.74, 6) is 0.673. The minimum absolute atomic E-state index is 0.160. The van der Waals surface area contributed by atoms with Crippen LogP contribution in [0, 0.1) is 6.92 Å². The Morgan fingerprint density at radius 3 is 2.86 bits per heavy atom. The van der Waals surface area contributed by atoms with Crippen molar-refractivity contribution in [2.45, 2.75) is 13.3 Å². The quantitative estimate of drug-likeness (QED) is 0.797. The fourth-order valence-electron chi connectivity index (χ4n) is 1.86. The monoisotopic (exact) mass is 285 g/mol. The molecule has 0 bridgehead atoms. The lowest BCUT2D eigenvalue weighted by atomic mass is 10.2. The summed E-state index contributed by atoms with van der Waals surface area (Å²) in [5.41, 5.74) is 7.31. The Morgan fingerprint density at radius 2 is 2.10 bits per heavy atom. The van der Waals surface area contributed by atoms with Gasteiger partial charge in [-0.05, 0) is 31.5 Å². The molecule has 1 aromatic carbocycles. The third-order valence-electron chi connectivity index (χ3n) is 2.97. The summed E-state index contributed by atoms with van der Waals surface area (Å²) in [6, 6.07) is 11.2. The summed E-state index contributed by atoms with van der Waals surface area (Å²) in [6.07, 6.45) is 2.27. The van der Waals surface area contributed by atoms with Gasteiger partial charge in [-0.1, -0.05) is 18.2 Å². The summed E-state index contributed by atoms with van der Waals surface area (Å²) < 4.78 is 5.55. The van der Waals surface area contributed by atoms with Crippen LogP contribution in [-0.4, -0.2) is 24.0 Å². The summed E-state index contributed by atoms with van der Waals surface area (Å²) in [7, 11) is 0. The number of hydrogen-bond donors (Lipinski definition) is 2. The summed E-state index contributed by atoms with van der Waals surface area (Å²) in [5, 5.41) is 2.84. The van der Waals surface area contributed by atoms with Gasteiger partial charge in [0.1, 0.15) is 5.75 Å². The number of ether oxygens (including phenoxy) is 1. The first-order valence-electron chi connectivity index (χ1n) is 6.85. The van der Waals surface area contributed by atoms with Crippen molar-refractivity contribution in [3.05, 3.63) is 53.9 Å². The van der Waals surface area contributed by atoms with Crippen molar-refractivity contribution >= 4 is 11.6 Å². The molecule has 3 N–H and O–H groups in total. The predicted octanol–water partition coefficient (Wildman–Crippen LogP) is 2.17. The van der Waals surface area contributed by atoms with Crippen LogP contribution in [0.3, 0.4) is 0 Å². The zero-order chi connectivity index (χ0) is 15.1. The zero-order valence-corrected chi connectivity index (χ0v) is 12.0. The van der Waals surface area contributed by atoms with E-state index in [2.05, 4.69) is 10.3 Å². The standard InChI is InChI=1S/C16H19N3O2/c1-12-15(10-13(17)11-19-12)16(20)18-8-5-9-21-14-6-3-2-4-7-14/h2-4,6-7,10-11H,5,8-9,17H2,1H3,(H,18,20). The molecule has 0 spiro atoms. The molecule has 5 nitrogen and oxygen atoms in total. The van der Waals surface area contributed by atoms with E-state index in [0.29, 0.717) is 30.1 Å². The van der Waals surface area contributed by atoms with Crippen molar-refractivity contribution in [3.8, 4) is 5.75 Å². The van der Waals surface area contributed by atoms with E-state index >= 15 is 0 Å². The minimum Gasteiger partial charge on any atom is -0.494 e. The van der Waals surface area contributed by atoms with E-state index in [1.807, 2.05) is 30.3 Å². The molecule has 1 aromatic heterocycles. The maximum atomic E-state index is 12.0. The molecule has 1 amide bonds. The number of anilines is 1. The Labute approximate surface area is 124 Å². The van der Waals surface area contributed by atoms with E-state index in [1.165, 1.54) is 0 Å². The molecule has 1 heterocycles. The average molecular weight is 285 g/mol. The highest BCUT2D eigenvalue weighted by molar-refractivity contribution is 5.95. The molecule has 0 fully saturated rings. The van der Waals surface area contributed by atoms with Gasteiger partial charge < -0.3 is 15.8 Å². The second-order valence-electron chi connectivity index (χ2n) is 4.67. The molecule has 0 radical (unpaired) electrons. The number of aryl methyl sites for hydroxylation is 1. The summed E-state index contributed by atoms with van der Waals surface area (Å²) in [4.78, 5) is 16.1. The topological polar surface area (TPSA) is 77.2 Å². The van der Waals surface area contributed by atoms with E-state index in [9.17, 15) is 4.79 Å². The van der Waals surface area contributed by atoms with E-state index in [-0.39, 0.29) is 5.91 Å². The maximum Gasteiger partial charge on any atom is 0.253 e. The molecular weight excluding hydrogens is 266 g/mol. The third kappa shape index (κ3) is 4.49. The van der Waals surface area contributed by atoms with Gasteiger partial charge in [0.15, 0.2) is 0 Å². The van der Waals surface area contributed by atoms with Crippen molar-refractivity contribution in [1.29, 1.82) is 0 Å². The van der Waals surface area contributed by atoms with Gasteiger partial charge in [-0.2, -0.15) is 0 Å². The second kappa shape index (κ2) is 7.28. The van der Waals surface area contributed by atoms with Crippen LogP contribution in [0.25, 0.3) is 0 Å². The highest BCUT2D eigenvalue weighted by Gasteiger charge is 2.09. The molecule has 5 heteroatoms. The molecule has 0 atom stereocenters. The van der Waals surface area contributed by atoms with E-state index in [1.54, 1.807) is 19.2 Å². The third-order valence-corrected chi connectivity index (χ3v) is 2.97. The lowest BCUT2D eigenvalue weighted by Gasteiger charge is -2.09. The number of nitrogen functional groups attached to an aromatic ring is 1. The fraction of sp³-hybridized carbons (Fsp3) is 0.250. The van der Waals surface area contributed by atoms with Crippen LogP contribution in [0.2, 0.25) is 0 Å². The van der Waals surface area contributed by atoms with Gasteiger partial charge >= 0.3 is 0 Å². The lowest BCUT2D eigenvalue weighted by molar-refractivity contribution is 0.0950. The first kappa shape index (κ1) is 14.8. The second-order valence-corrected chi connectivity index (χ2v) is 4.67. The van der Waals surface area contributed by atoms with Gasteiger partial charge in [0.25, 0.3) is 5.91 Å². The molecule has 0 saturated carbocycles. The summed E-state index contributed by atoms with van der Waals surface area (Å²) in [6.45, 7) is 2.88. The molecular formula is C16H19N3O2. The number of para-hydroxylation sites is 1. The van der Waals surface area contributed by atoms with Crippen molar-refractivity contribution in [2.24, 2.45) is 0 Å². The van der Waals surface area contributed by atoms with Crippen LogP contribution < -0.4 is 15.8 Å². The van der Waals surface area contributed by atoms with Gasteiger partial charge in [-0.3, -0.25) is 9.78 Å². The van der Waals surface area contributed by atoms with Gasteiger partial charge in [0, 0.05) is 6.54 Å². The Balaban J connectivity index is 1.73. The number of amides is 1. The lowest BCUT2D eigenvalue weighted by Crippen LogP contribution is -2.26. The molecule has 110 valence electrons. The largest absolute Gasteiger partial charge is 0.494 e. The molecule has 2 rings (SSSR count). The van der Waals surface area contributed by atoms with E-state index < -0.39 is 0 Å². The Bertz CT molecular complexity index is 600. The van der Waals surface area contributed by atoms with Gasteiger partial charge in [-0.15, -0.1) is 0 Å². The molecule has 0 unspecified atom stereocenters. The number of pyridine rings is 1. The molecule has 0 aliphatic carbocycles. The highest BCUT2D eigenvalue weighted by Crippen LogP contribution is 2.10. The normalized spacial score (nSPS) is 10.1. The number of rotatable bonds is 6. The first-order chi connectivity index (χ1) is 10.2. The van der Waals surface area contributed by atoms with Gasteiger partial charge in [-0.25, -0.2) is 0 Å². The maximum absolute atomic E-state index is 12.0. The van der Waals surface area contributed by atoms with Crippen LogP contribution in [0.4, 0.5) is 5.69 Å². The highest BCUT2D eigenvalue weighted by atomic mass is 16.5. The molecule has 2 aromatic rings. The van der Waals surface area contributed by atoms with Crippen molar-refractivity contribution in [3.63, 3.8) is 0 Å². The van der Waals surface area contributed by atoms with Crippen LogP contribution >= 0.6 is 0 Å². The number of carbonyl (C=O) groups excluding carboxylic acids is 1. The SMILES string of the molecule is Cc1ncc(N)cc1C(=O)NCCCOc1ccccc1. The number of nitrogens with one attached hydrogen (secondary N) is 1. The number of aromatic nitrogens is 1. The predicted molar refractivity (Wildman–Crippen MR) is 82.3 cm³/mol. The number of benzene rings is 1. The fourth-order valence-corrected chi connectivity index (χ4v) is 1.86. The zero-order valence-electron chi connectivity index (χ0n) is 12.0. The molecule has 21 heavy (non-hydrogen) atoms. The first-order valence-corrected chi connectivity index (χ1v) is 6.85. The van der Waals surface area contributed by atoms with Crippen molar-refractivity contribution in [1.82, 2.24) is 10.3 Å². The number of carbonyl (C=O) groups is 1. The number of hydrogen-bond acceptors (Lipinski definition) is 4. The Hall–Kier alpha value is -2.56. The number of nitrogens with zero attached hydrogens (tertiary/aromatic N) is 1. The molecule has 0 aliphatic rings. The number of nitrogens with two attached hydrogens (primary N) is 1. The minimum atomic E-state index is -0.160. The van der Waals surface area contributed by atoms with Crippen LogP contribution in [0.1, 0.15) is 22.5 Å². The van der Waals surface area contributed by atoms with Gasteiger partial charge in [0.05, 0.1) is 29.7 Å². The van der Waals surface area contributed by atoms with Crippen molar-refractivity contribution in [2.75, 3.05) is 18.9 Å². The van der Waals surface area contributed by atoms with Crippen LogP contribution in [0.5, 0.6) is 5.75 Å². The summed E-state index contributed by atoms with van der Waals surface area (Å²) >= 11 is 0.